The Morgan fingerprint density at radius 2 is 1.82 bits per heavy atom. The quantitative estimate of drug-likeness (QED) is 0.612. The average Bonchev–Trinajstić information content (AvgIpc) is 2.36. The first-order valence-electron chi connectivity index (χ1n) is 5.60. The zero-order chi connectivity index (χ0) is 13.0. The van der Waals surface area contributed by atoms with Crippen LogP contribution in [0.5, 0.6) is 0 Å². The second kappa shape index (κ2) is 5.48. The number of amidine groups is 1. The number of carbonyl (C=O) groups is 1. The third kappa shape index (κ3) is 3.06. The number of likely N-dealkylation sites (N-methyl/N-ethyl adjacent to an activating group) is 1. The van der Waals surface area contributed by atoms with Gasteiger partial charge in [0.05, 0.1) is 12.0 Å². The van der Waals surface area contributed by atoms with Crippen LogP contribution in [-0.4, -0.2) is 29.7 Å². The Kier molecular flexibility index (Phi) is 4.26. The van der Waals surface area contributed by atoms with Crippen molar-refractivity contribution in [3.63, 3.8) is 0 Å². The zero-order valence-corrected chi connectivity index (χ0v) is 10.5. The summed E-state index contributed by atoms with van der Waals surface area (Å²) in [5, 5.41) is 7.35. The van der Waals surface area contributed by atoms with Gasteiger partial charge in [0.2, 0.25) is 5.91 Å². The maximum absolute atomic E-state index is 12.2. The highest BCUT2D eigenvalue weighted by molar-refractivity contribution is 5.90. The first kappa shape index (κ1) is 13.2. The lowest BCUT2D eigenvalue weighted by Crippen LogP contribution is -2.44. The number of nitrogens with one attached hydrogen (secondary N) is 1. The molecule has 0 aliphatic rings. The maximum atomic E-state index is 12.2. The van der Waals surface area contributed by atoms with E-state index >= 15 is 0 Å². The Hall–Kier alpha value is -1.84. The topological polar surface area (TPSA) is 70.2 Å². The van der Waals surface area contributed by atoms with Crippen LogP contribution in [-0.2, 0) is 4.79 Å². The molecule has 0 heterocycles. The maximum Gasteiger partial charge on any atom is 0.230 e. The third-order valence-corrected chi connectivity index (χ3v) is 3.05. The number of amides is 1. The molecular formula is C13H19N3O. The fraction of sp³-hybridized carbons (Fsp3) is 0.385. The van der Waals surface area contributed by atoms with Gasteiger partial charge in [-0.2, -0.15) is 0 Å². The van der Waals surface area contributed by atoms with Crippen LogP contribution in [0.25, 0.3) is 0 Å². The first-order chi connectivity index (χ1) is 7.95. The number of benzene rings is 1. The summed E-state index contributed by atoms with van der Waals surface area (Å²) in [6, 6.07) is 9.22. The Balaban J connectivity index is 2.80. The van der Waals surface area contributed by atoms with Gasteiger partial charge in [0.25, 0.3) is 0 Å². The minimum Gasteiger partial charge on any atom is -0.386 e. The van der Waals surface area contributed by atoms with Crippen molar-refractivity contribution in [3.05, 3.63) is 35.9 Å². The van der Waals surface area contributed by atoms with Crippen LogP contribution < -0.4 is 5.73 Å². The molecule has 0 radical (unpaired) electrons. The average molecular weight is 233 g/mol. The molecule has 4 heteroatoms. The summed E-state index contributed by atoms with van der Waals surface area (Å²) in [4.78, 5) is 13.7. The van der Waals surface area contributed by atoms with E-state index in [9.17, 15) is 4.79 Å². The Bertz CT molecular complexity index is 402. The second-order valence-corrected chi connectivity index (χ2v) is 4.21. The lowest BCUT2D eigenvalue weighted by atomic mass is 9.99. The molecule has 2 unspecified atom stereocenters. The van der Waals surface area contributed by atoms with Gasteiger partial charge in [0, 0.05) is 7.05 Å². The lowest BCUT2D eigenvalue weighted by molar-refractivity contribution is -0.131. The van der Waals surface area contributed by atoms with Crippen molar-refractivity contribution >= 4 is 11.7 Å². The molecule has 3 N–H and O–H groups in total. The third-order valence-electron chi connectivity index (χ3n) is 3.05. The van der Waals surface area contributed by atoms with E-state index in [1.165, 1.54) is 4.90 Å². The molecule has 1 amide bonds. The van der Waals surface area contributed by atoms with Crippen LogP contribution in [0.3, 0.4) is 0 Å². The fourth-order valence-corrected chi connectivity index (χ4v) is 1.59. The zero-order valence-electron chi connectivity index (χ0n) is 10.5. The van der Waals surface area contributed by atoms with Crippen LogP contribution in [0.1, 0.15) is 25.3 Å². The van der Waals surface area contributed by atoms with E-state index in [1.54, 1.807) is 14.0 Å². The minimum absolute atomic E-state index is 0.00103. The van der Waals surface area contributed by atoms with Crippen molar-refractivity contribution in [2.75, 3.05) is 7.05 Å². The van der Waals surface area contributed by atoms with Crippen LogP contribution >= 0.6 is 0 Å². The molecule has 1 aromatic rings. The molecule has 17 heavy (non-hydrogen) atoms. The second-order valence-electron chi connectivity index (χ2n) is 4.21. The smallest absolute Gasteiger partial charge is 0.230 e. The van der Waals surface area contributed by atoms with Gasteiger partial charge >= 0.3 is 0 Å². The summed E-state index contributed by atoms with van der Waals surface area (Å²) in [7, 11) is 1.67. The molecule has 2 atom stereocenters. The number of rotatable bonds is 4. The predicted molar refractivity (Wildman–Crippen MR) is 69.0 cm³/mol. The van der Waals surface area contributed by atoms with Crippen molar-refractivity contribution in [1.29, 1.82) is 5.41 Å². The van der Waals surface area contributed by atoms with Gasteiger partial charge in [-0.05, 0) is 19.4 Å². The number of hydrogen-bond donors (Lipinski definition) is 2. The van der Waals surface area contributed by atoms with E-state index in [0.717, 1.165) is 5.56 Å². The number of nitrogens with zero attached hydrogens (tertiary/aromatic N) is 1. The lowest BCUT2D eigenvalue weighted by Gasteiger charge is -2.26. The molecule has 0 saturated heterocycles. The van der Waals surface area contributed by atoms with E-state index < -0.39 is 0 Å². The van der Waals surface area contributed by atoms with E-state index in [-0.39, 0.29) is 23.7 Å². The summed E-state index contributed by atoms with van der Waals surface area (Å²) in [5.41, 5.74) is 6.38. The normalized spacial score (nSPS) is 13.8. The standard InChI is InChI=1S/C13H19N3O/c1-9(11-7-5-4-6-8-11)13(17)16(3)10(2)12(14)15/h4-10H,1-3H3,(H3,14,15). The molecule has 0 saturated carbocycles. The van der Waals surface area contributed by atoms with Crippen LogP contribution in [0.2, 0.25) is 0 Å². The first-order valence-corrected chi connectivity index (χ1v) is 5.60. The van der Waals surface area contributed by atoms with Crippen LogP contribution in [0.15, 0.2) is 30.3 Å². The summed E-state index contributed by atoms with van der Waals surface area (Å²) in [6.45, 7) is 3.61. The van der Waals surface area contributed by atoms with Crippen molar-refractivity contribution in [1.82, 2.24) is 4.90 Å². The highest BCUT2D eigenvalue weighted by Gasteiger charge is 2.23. The largest absolute Gasteiger partial charge is 0.386 e. The van der Waals surface area contributed by atoms with Crippen molar-refractivity contribution < 1.29 is 4.79 Å². The van der Waals surface area contributed by atoms with Crippen LogP contribution in [0, 0.1) is 5.41 Å². The summed E-state index contributed by atoms with van der Waals surface area (Å²) in [6.07, 6.45) is 0. The molecule has 4 nitrogen and oxygen atoms in total. The van der Waals surface area contributed by atoms with Gasteiger partial charge in [-0.15, -0.1) is 0 Å². The van der Waals surface area contributed by atoms with E-state index in [2.05, 4.69) is 0 Å². The van der Waals surface area contributed by atoms with Gasteiger partial charge < -0.3 is 10.6 Å². The Morgan fingerprint density at radius 1 is 1.29 bits per heavy atom. The molecule has 0 spiro atoms. The summed E-state index contributed by atoms with van der Waals surface area (Å²) in [5.74, 6) is -0.247. The number of carbonyl (C=O) groups excluding carboxylic acids is 1. The number of hydrogen-bond acceptors (Lipinski definition) is 2. The summed E-state index contributed by atoms with van der Waals surface area (Å²) >= 11 is 0. The van der Waals surface area contributed by atoms with Gasteiger partial charge in [-0.25, -0.2) is 0 Å². The highest BCUT2D eigenvalue weighted by atomic mass is 16.2. The van der Waals surface area contributed by atoms with E-state index in [4.69, 9.17) is 11.1 Å². The molecule has 0 aliphatic heterocycles. The highest BCUT2D eigenvalue weighted by Crippen LogP contribution is 2.17. The van der Waals surface area contributed by atoms with E-state index in [0.29, 0.717) is 0 Å². The molecule has 1 rings (SSSR count). The van der Waals surface area contributed by atoms with Crippen molar-refractivity contribution in [2.45, 2.75) is 25.8 Å². The van der Waals surface area contributed by atoms with E-state index in [1.807, 2.05) is 37.3 Å². The SMILES string of the molecule is CC(C(=O)N(C)C(C)C(=N)N)c1ccccc1. The molecule has 0 bridgehead atoms. The van der Waals surface area contributed by atoms with Crippen molar-refractivity contribution in [2.24, 2.45) is 5.73 Å². The van der Waals surface area contributed by atoms with Crippen LogP contribution in [0.4, 0.5) is 0 Å². The van der Waals surface area contributed by atoms with Gasteiger partial charge in [0.1, 0.15) is 5.84 Å². The summed E-state index contributed by atoms with van der Waals surface area (Å²) < 4.78 is 0. The molecular weight excluding hydrogens is 214 g/mol. The molecule has 92 valence electrons. The van der Waals surface area contributed by atoms with Crippen molar-refractivity contribution in [3.8, 4) is 0 Å². The van der Waals surface area contributed by atoms with Gasteiger partial charge in [0.15, 0.2) is 0 Å². The molecule has 0 aromatic heterocycles. The molecule has 0 aliphatic carbocycles. The molecule has 0 fully saturated rings. The fourth-order valence-electron chi connectivity index (χ4n) is 1.59. The Morgan fingerprint density at radius 3 is 2.29 bits per heavy atom. The monoisotopic (exact) mass is 233 g/mol. The predicted octanol–water partition coefficient (Wildman–Crippen LogP) is 1.57. The molecule has 1 aromatic carbocycles. The Labute approximate surface area is 102 Å². The van der Waals surface area contributed by atoms with Gasteiger partial charge in [-0.3, -0.25) is 10.2 Å². The number of nitrogens with two attached hydrogens (primary N) is 1. The minimum atomic E-state index is -0.367. The van der Waals surface area contributed by atoms with Gasteiger partial charge in [-0.1, -0.05) is 30.3 Å².